The van der Waals surface area contributed by atoms with Gasteiger partial charge in [0.25, 0.3) is 0 Å². The van der Waals surface area contributed by atoms with Gasteiger partial charge >= 0.3 is 0 Å². The van der Waals surface area contributed by atoms with Crippen LogP contribution in [0.3, 0.4) is 0 Å². The van der Waals surface area contributed by atoms with Crippen LogP contribution >= 0.6 is 0 Å². The largest absolute Gasteiger partial charge is 0.350 e. The van der Waals surface area contributed by atoms with Gasteiger partial charge in [-0.25, -0.2) is 0 Å². The van der Waals surface area contributed by atoms with Crippen LogP contribution in [0.1, 0.15) is 29.7 Å². The van der Waals surface area contributed by atoms with E-state index in [4.69, 9.17) is 0 Å². The van der Waals surface area contributed by atoms with Crippen LogP contribution < -0.4 is 10.2 Å². The number of hydrogen-bond donors (Lipinski definition) is 1. The molecule has 0 radical (unpaired) electrons. The molecule has 1 heterocycles. The summed E-state index contributed by atoms with van der Waals surface area (Å²) in [5.41, 5.74) is 5.06. The van der Waals surface area contributed by atoms with Gasteiger partial charge < -0.3 is 10.2 Å². The number of benzene rings is 4. The Hall–Kier alpha value is -4.48. The maximum absolute atomic E-state index is 13.7. The number of hydrogen-bond acceptors (Lipinski definition) is 3. The van der Waals surface area contributed by atoms with Crippen LogP contribution in [0.15, 0.2) is 127 Å². The monoisotopic (exact) mass is 529 g/mol. The number of nitrogens with zero attached hydrogens (tertiary/aromatic N) is 2. The van der Waals surface area contributed by atoms with Gasteiger partial charge in [0.1, 0.15) is 5.92 Å². The second-order valence-corrected chi connectivity index (χ2v) is 10.3. The number of allylic oxidation sites excluding steroid dienone is 1. The molecule has 1 saturated heterocycles. The van der Waals surface area contributed by atoms with E-state index >= 15 is 0 Å². The molecule has 2 amide bonds. The third-order valence-corrected chi connectivity index (χ3v) is 7.52. The molecule has 0 bridgehead atoms. The maximum atomic E-state index is 13.7. The van der Waals surface area contributed by atoms with E-state index in [9.17, 15) is 9.59 Å². The Balaban J connectivity index is 1.33. The molecule has 202 valence electrons. The molecule has 1 aliphatic rings. The lowest BCUT2D eigenvalue weighted by atomic mass is 9.92. The summed E-state index contributed by atoms with van der Waals surface area (Å²) in [6.07, 6.45) is 1.79. The first kappa shape index (κ1) is 27.1. The van der Waals surface area contributed by atoms with Crippen LogP contribution in [0.25, 0.3) is 5.57 Å². The number of rotatable bonds is 9. The number of para-hydroxylation sites is 1. The Morgan fingerprint density at radius 2 is 1.25 bits per heavy atom. The Morgan fingerprint density at radius 1 is 0.775 bits per heavy atom. The lowest BCUT2D eigenvalue weighted by molar-refractivity contribution is -0.132. The van der Waals surface area contributed by atoms with Crippen LogP contribution in [0.2, 0.25) is 0 Å². The van der Waals surface area contributed by atoms with E-state index < -0.39 is 5.92 Å². The van der Waals surface area contributed by atoms with E-state index in [1.807, 2.05) is 79.7 Å². The summed E-state index contributed by atoms with van der Waals surface area (Å²) < 4.78 is 0. The third kappa shape index (κ3) is 6.22. The molecule has 1 fully saturated rings. The lowest BCUT2D eigenvalue weighted by Crippen LogP contribution is -2.61. The number of carbonyl (C=O) groups is 2. The minimum atomic E-state index is -0.946. The van der Waals surface area contributed by atoms with Gasteiger partial charge in [0, 0.05) is 25.8 Å². The van der Waals surface area contributed by atoms with Gasteiger partial charge in [-0.15, -0.1) is 0 Å². The zero-order chi connectivity index (χ0) is 27.9. The molecule has 1 atom stereocenters. The number of amides is 2. The van der Waals surface area contributed by atoms with E-state index in [1.54, 1.807) is 18.0 Å². The molecule has 1 N–H and O–H groups in total. The van der Waals surface area contributed by atoms with Crippen molar-refractivity contribution in [3.63, 3.8) is 0 Å². The molecule has 1 unspecified atom stereocenters. The average Bonchev–Trinajstić information content (AvgIpc) is 2.99. The minimum Gasteiger partial charge on any atom is -0.350 e. The Bertz CT molecular complexity index is 1390. The third-order valence-electron chi connectivity index (χ3n) is 7.52. The molecule has 0 saturated carbocycles. The molecule has 5 heteroatoms. The van der Waals surface area contributed by atoms with Crippen molar-refractivity contribution >= 4 is 23.1 Å². The van der Waals surface area contributed by atoms with Crippen molar-refractivity contribution in [2.75, 3.05) is 25.0 Å². The predicted molar refractivity (Wildman–Crippen MR) is 162 cm³/mol. The van der Waals surface area contributed by atoms with Crippen molar-refractivity contribution in [1.82, 2.24) is 10.2 Å². The van der Waals surface area contributed by atoms with Gasteiger partial charge in [-0.3, -0.25) is 14.5 Å². The molecule has 0 spiro atoms. The fourth-order valence-corrected chi connectivity index (χ4v) is 5.28. The molecule has 0 aliphatic carbocycles. The highest BCUT2D eigenvalue weighted by atomic mass is 16.2. The van der Waals surface area contributed by atoms with Crippen LogP contribution in [0.5, 0.6) is 0 Å². The van der Waals surface area contributed by atoms with Gasteiger partial charge in [0.15, 0.2) is 0 Å². The normalized spacial score (nSPS) is 14.8. The molecule has 4 aromatic carbocycles. The van der Waals surface area contributed by atoms with Gasteiger partial charge in [-0.05, 0) is 41.3 Å². The van der Waals surface area contributed by atoms with Crippen LogP contribution in [-0.2, 0) is 9.59 Å². The Morgan fingerprint density at radius 3 is 1.77 bits per heavy atom. The van der Waals surface area contributed by atoms with E-state index in [1.165, 1.54) is 11.1 Å². The second-order valence-electron chi connectivity index (χ2n) is 10.3. The summed E-state index contributed by atoms with van der Waals surface area (Å²) in [4.78, 5) is 31.3. The quantitative estimate of drug-likeness (QED) is 0.272. The fraction of sp³-hybridized carbons (Fsp3) is 0.200. The van der Waals surface area contributed by atoms with Crippen molar-refractivity contribution in [3.8, 4) is 0 Å². The summed E-state index contributed by atoms with van der Waals surface area (Å²) in [5, 5.41) is 3.18. The molecule has 0 aromatic heterocycles. The summed E-state index contributed by atoms with van der Waals surface area (Å²) in [6.45, 7) is 3.36. The first-order valence-corrected chi connectivity index (χ1v) is 13.7. The number of carbonyl (C=O) groups excluding carboxylic acids is 2. The first-order valence-electron chi connectivity index (χ1n) is 13.7. The Kier molecular flexibility index (Phi) is 8.53. The average molecular weight is 530 g/mol. The zero-order valence-corrected chi connectivity index (χ0v) is 23.0. The summed E-state index contributed by atoms with van der Waals surface area (Å²) in [6, 6.07) is 40.2. The highest BCUT2D eigenvalue weighted by Crippen LogP contribution is 2.32. The molecular weight excluding hydrogens is 494 g/mol. The van der Waals surface area contributed by atoms with Crippen molar-refractivity contribution in [2.24, 2.45) is 5.92 Å². The molecule has 1 aliphatic heterocycles. The summed E-state index contributed by atoms with van der Waals surface area (Å²) >= 11 is 0. The number of anilines is 1. The van der Waals surface area contributed by atoms with Crippen LogP contribution in [-0.4, -0.2) is 42.9 Å². The molecule has 4 aromatic rings. The smallest absolute Gasteiger partial charge is 0.243 e. The van der Waals surface area contributed by atoms with E-state index in [-0.39, 0.29) is 23.9 Å². The van der Waals surface area contributed by atoms with Gasteiger partial charge in [0.2, 0.25) is 11.8 Å². The van der Waals surface area contributed by atoms with Gasteiger partial charge in [-0.2, -0.15) is 0 Å². The Labute approximate surface area is 236 Å². The van der Waals surface area contributed by atoms with Crippen molar-refractivity contribution in [2.45, 2.75) is 19.0 Å². The van der Waals surface area contributed by atoms with Crippen LogP contribution in [0.4, 0.5) is 5.69 Å². The topological polar surface area (TPSA) is 52.7 Å². The van der Waals surface area contributed by atoms with Gasteiger partial charge in [0.05, 0.1) is 12.1 Å². The maximum Gasteiger partial charge on any atom is 0.243 e. The molecular formula is C35H35N3O2. The minimum absolute atomic E-state index is 0.0369. The van der Waals surface area contributed by atoms with Crippen LogP contribution in [0, 0.1) is 5.92 Å². The number of nitrogens with one attached hydrogen (secondary N) is 1. The molecule has 5 rings (SSSR count). The number of likely N-dealkylation sites (tertiary alicyclic amines) is 1. The van der Waals surface area contributed by atoms with Gasteiger partial charge in [-0.1, -0.05) is 115 Å². The van der Waals surface area contributed by atoms with E-state index in [0.29, 0.717) is 13.1 Å². The van der Waals surface area contributed by atoms with Crippen molar-refractivity contribution < 1.29 is 9.59 Å². The predicted octanol–water partition coefficient (Wildman–Crippen LogP) is 5.96. The fourth-order valence-electron chi connectivity index (χ4n) is 5.28. The highest BCUT2D eigenvalue weighted by molar-refractivity contribution is 6.09. The van der Waals surface area contributed by atoms with Crippen molar-refractivity contribution in [1.29, 1.82) is 0 Å². The summed E-state index contributed by atoms with van der Waals surface area (Å²) in [7, 11) is 1.72. The molecule has 5 nitrogen and oxygen atoms in total. The molecule has 40 heavy (non-hydrogen) atoms. The van der Waals surface area contributed by atoms with E-state index in [0.717, 1.165) is 16.8 Å². The summed E-state index contributed by atoms with van der Waals surface area (Å²) in [5.74, 6) is -1.48. The van der Waals surface area contributed by atoms with E-state index in [2.05, 4.69) is 58.7 Å². The first-order chi connectivity index (χ1) is 19.5. The van der Waals surface area contributed by atoms with Crippen molar-refractivity contribution in [3.05, 3.63) is 144 Å². The highest BCUT2D eigenvalue weighted by Gasteiger charge is 2.37. The standard InChI is InChI=1S/C35H35N3O2/c1-26(27-15-7-3-8-16-27)23-32(35(40)37(2)31-21-13-6-14-22-31)34(39)36-30-24-38(25-30)33(28-17-9-4-10-18-28)29-19-11-5-12-20-29/h3-23,30,32-33H,24-25H2,1-2H3,(H,36,39)/b26-23+. The second kappa shape index (κ2) is 12.6. The lowest BCUT2D eigenvalue weighted by Gasteiger charge is -2.45. The zero-order valence-electron chi connectivity index (χ0n) is 23.0. The SMILES string of the molecule is C/C(=C\C(C(=O)NC1CN(C(c2ccccc2)c2ccccc2)C1)C(=O)N(C)c1ccccc1)c1ccccc1.